The Hall–Kier alpha value is -3.38. The van der Waals surface area contributed by atoms with E-state index in [-0.39, 0.29) is 12.2 Å². The number of carbonyl (C=O) groups excluding carboxylic acids is 3. The molecule has 1 aliphatic rings. The van der Waals surface area contributed by atoms with Gasteiger partial charge < -0.3 is 20.7 Å². The molecule has 0 saturated heterocycles. The van der Waals surface area contributed by atoms with E-state index in [9.17, 15) is 14.4 Å². The van der Waals surface area contributed by atoms with Crippen LogP contribution in [0.25, 0.3) is 0 Å². The maximum atomic E-state index is 12.5. The molecule has 2 aromatic rings. The zero-order valence-corrected chi connectivity index (χ0v) is 16.0. The molecule has 0 spiro atoms. The molecule has 0 saturated carbocycles. The second kappa shape index (κ2) is 8.10. The molecule has 1 aliphatic heterocycles. The van der Waals surface area contributed by atoms with Gasteiger partial charge in [0.15, 0.2) is 0 Å². The summed E-state index contributed by atoms with van der Waals surface area (Å²) < 4.78 is 5.03. The predicted molar refractivity (Wildman–Crippen MR) is 103 cm³/mol. The van der Waals surface area contributed by atoms with Crippen LogP contribution in [-0.2, 0) is 17.7 Å². The summed E-state index contributed by atoms with van der Waals surface area (Å²) in [7, 11) is 0. The summed E-state index contributed by atoms with van der Waals surface area (Å²) >= 11 is 1.23. The van der Waals surface area contributed by atoms with E-state index in [2.05, 4.69) is 5.32 Å². The number of hydrogen-bond acceptors (Lipinski definition) is 6. The van der Waals surface area contributed by atoms with Crippen LogP contribution in [0.5, 0.6) is 0 Å². The van der Waals surface area contributed by atoms with Gasteiger partial charge in [-0.25, -0.2) is 4.79 Å². The number of benzene rings is 1. The van der Waals surface area contributed by atoms with Crippen LogP contribution >= 0.6 is 11.3 Å². The molecule has 0 fully saturated rings. The Balaban J connectivity index is 1.85. The number of primary amides is 1. The topological polar surface area (TPSA) is 126 Å². The highest BCUT2D eigenvalue weighted by molar-refractivity contribution is 7.17. The van der Waals surface area contributed by atoms with Crippen LogP contribution in [0.15, 0.2) is 24.3 Å². The minimum atomic E-state index is -0.628. The molecule has 0 radical (unpaired) electrons. The highest BCUT2D eigenvalue weighted by Gasteiger charge is 2.30. The SMILES string of the molecule is CCOC(=O)N1CCc2c(sc(NC(=O)c3ccc(C#N)cc3)c2C(N)=O)C1. The third-order valence-corrected chi connectivity index (χ3v) is 5.46. The maximum absolute atomic E-state index is 12.5. The molecular weight excluding hydrogens is 380 g/mol. The van der Waals surface area contributed by atoms with Crippen molar-refractivity contribution in [2.45, 2.75) is 19.9 Å². The Bertz CT molecular complexity index is 975. The van der Waals surface area contributed by atoms with Crippen molar-refractivity contribution in [3.05, 3.63) is 51.4 Å². The Labute approximate surface area is 165 Å². The van der Waals surface area contributed by atoms with E-state index in [1.807, 2.05) is 6.07 Å². The molecule has 0 bridgehead atoms. The molecule has 8 nitrogen and oxygen atoms in total. The van der Waals surface area contributed by atoms with E-state index in [1.165, 1.54) is 23.5 Å². The number of nitrogens with two attached hydrogens (primary N) is 1. The van der Waals surface area contributed by atoms with Crippen LogP contribution < -0.4 is 11.1 Å². The molecule has 0 aliphatic carbocycles. The quantitative estimate of drug-likeness (QED) is 0.818. The van der Waals surface area contributed by atoms with E-state index in [4.69, 9.17) is 15.7 Å². The number of nitrogens with one attached hydrogen (secondary N) is 1. The smallest absolute Gasteiger partial charge is 0.410 e. The lowest BCUT2D eigenvalue weighted by atomic mass is 10.0. The van der Waals surface area contributed by atoms with Crippen molar-refractivity contribution >= 4 is 34.2 Å². The number of anilines is 1. The first-order chi connectivity index (χ1) is 13.4. The second-order valence-corrected chi connectivity index (χ2v) is 7.19. The first kappa shape index (κ1) is 19.4. The van der Waals surface area contributed by atoms with Crippen LogP contribution in [0.4, 0.5) is 9.80 Å². The standard InChI is InChI=1S/C19H18N4O4S/c1-2-27-19(26)23-8-7-13-14(10-23)28-18(15(13)16(21)24)22-17(25)12-5-3-11(9-20)4-6-12/h3-6H,2,7-8,10H2,1H3,(H2,21,24)(H,22,25). The highest BCUT2D eigenvalue weighted by atomic mass is 32.1. The Morgan fingerprint density at radius 1 is 1.32 bits per heavy atom. The van der Waals surface area contributed by atoms with E-state index in [1.54, 1.807) is 24.0 Å². The fourth-order valence-electron chi connectivity index (χ4n) is 2.99. The number of nitriles is 1. The lowest BCUT2D eigenvalue weighted by molar-refractivity contribution is 0.0997. The number of hydrogen-bond donors (Lipinski definition) is 2. The lowest BCUT2D eigenvalue weighted by Crippen LogP contribution is -2.36. The van der Waals surface area contributed by atoms with Crippen LogP contribution in [0, 0.1) is 11.3 Å². The zero-order valence-electron chi connectivity index (χ0n) is 15.2. The Morgan fingerprint density at radius 2 is 2.04 bits per heavy atom. The van der Waals surface area contributed by atoms with Crippen molar-refractivity contribution in [1.29, 1.82) is 5.26 Å². The van der Waals surface area contributed by atoms with Gasteiger partial charge in [-0.3, -0.25) is 9.59 Å². The van der Waals surface area contributed by atoms with Gasteiger partial charge in [-0.05, 0) is 43.2 Å². The maximum Gasteiger partial charge on any atom is 0.410 e. The fraction of sp³-hybridized carbons (Fsp3) is 0.263. The molecule has 2 heterocycles. The summed E-state index contributed by atoms with van der Waals surface area (Å²) in [6.45, 7) is 2.73. The molecule has 144 valence electrons. The minimum absolute atomic E-state index is 0.283. The van der Waals surface area contributed by atoms with Crippen LogP contribution in [0.3, 0.4) is 0 Å². The third-order valence-electron chi connectivity index (χ3n) is 4.33. The van der Waals surface area contributed by atoms with E-state index < -0.39 is 17.9 Å². The Morgan fingerprint density at radius 3 is 2.64 bits per heavy atom. The molecule has 3 rings (SSSR count). The number of carbonyl (C=O) groups is 3. The van der Waals surface area contributed by atoms with Gasteiger partial charge in [-0.15, -0.1) is 11.3 Å². The summed E-state index contributed by atoms with van der Waals surface area (Å²) in [6.07, 6.45) is 0.0423. The first-order valence-electron chi connectivity index (χ1n) is 8.62. The second-order valence-electron chi connectivity index (χ2n) is 6.09. The van der Waals surface area contributed by atoms with Crippen LogP contribution in [-0.4, -0.2) is 36.0 Å². The summed E-state index contributed by atoms with van der Waals surface area (Å²) in [5.74, 6) is -1.04. The van der Waals surface area contributed by atoms with E-state index in [0.29, 0.717) is 35.6 Å². The average molecular weight is 398 g/mol. The van der Waals surface area contributed by atoms with Gasteiger partial charge in [0.2, 0.25) is 0 Å². The van der Waals surface area contributed by atoms with Gasteiger partial charge in [0.25, 0.3) is 11.8 Å². The minimum Gasteiger partial charge on any atom is -0.450 e. The van der Waals surface area contributed by atoms with E-state index in [0.717, 1.165) is 10.4 Å². The van der Waals surface area contributed by atoms with Crippen LogP contribution in [0.1, 0.15) is 43.6 Å². The number of amides is 3. The third kappa shape index (κ3) is 3.82. The summed E-state index contributed by atoms with van der Waals surface area (Å²) in [4.78, 5) is 38.9. The number of thiophene rings is 1. The average Bonchev–Trinajstić information content (AvgIpc) is 3.05. The van der Waals surface area contributed by atoms with Gasteiger partial charge in [-0.2, -0.15) is 5.26 Å². The summed E-state index contributed by atoms with van der Waals surface area (Å²) in [5.41, 5.74) is 7.39. The van der Waals surface area contributed by atoms with Crippen molar-refractivity contribution in [3.63, 3.8) is 0 Å². The number of rotatable bonds is 4. The van der Waals surface area contributed by atoms with Gasteiger partial charge in [0.05, 0.1) is 30.3 Å². The molecule has 3 N–H and O–H groups in total. The van der Waals surface area contributed by atoms with E-state index >= 15 is 0 Å². The first-order valence-corrected chi connectivity index (χ1v) is 9.43. The van der Waals surface area contributed by atoms with Gasteiger partial charge in [0.1, 0.15) is 5.00 Å². The van der Waals surface area contributed by atoms with Crippen molar-refractivity contribution in [3.8, 4) is 6.07 Å². The molecule has 28 heavy (non-hydrogen) atoms. The number of nitrogens with zero attached hydrogens (tertiary/aromatic N) is 2. The molecule has 3 amide bonds. The number of ether oxygens (including phenoxy) is 1. The van der Waals surface area contributed by atoms with Gasteiger partial charge in [0, 0.05) is 17.0 Å². The van der Waals surface area contributed by atoms with Crippen molar-refractivity contribution in [2.75, 3.05) is 18.5 Å². The normalized spacial score (nSPS) is 12.6. The lowest BCUT2D eigenvalue weighted by Gasteiger charge is -2.26. The summed E-state index contributed by atoms with van der Waals surface area (Å²) in [5, 5.41) is 11.9. The molecule has 0 unspecified atom stereocenters. The zero-order chi connectivity index (χ0) is 20.3. The molecule has 1 aromatic carbocycles. The van der Waals surface area contributed by atoms with Gasteiger partial charge >= 0.3 is 6.09 Å². The highest BCUT2D eigenvalue weighted by Crippen LogP contribution is 2.37. The monoisotopic (exact) mass is 398 g/mol. The molecule has 9 heteroatoms. The van der Waals surface area contributed by atoms with Crippen molar-refractivity contribution in [1.82, 2.24) is 4.90 Å². The molecule has 1 aromatic heterocycles. The summed E-state index contributed by atoms with van der Waals surface area (Å²) in [6, 6.07) is 8.14. The predicted octanol–water partition coefficient (Wildman–Crippen LogP) is 2.49. The van der Waals surface area contributed by atoms with Crippen molar-refractivity contribution in [2.24, 2.45) is 5.73 Å². The van der Waals surface area contributed by atoms with Crippen molar-refractivity contribution < 1.29 is 19.1 Å². The number of fused-ring (bicyclic) bond motifs is 1. The Kier molecular flexibility index (Phi) is 5.61. The largest absolute Gasteiger partial charge is 0.450 e. The van der Waals surface area contributed by atoms with Crippen LogP contribution in [0.2, 0.25) is 0 Å². The fourth-order valence-corrected chi connectivity index (χ4v) is 4.26. The van der Waals surface area contributed by atoms with Gasteiger partial charge in [-0.1, -0.05) is 0 Å². The molecule has 0 atom stereocenters. The molecular formula is C19H18N4O4S.